The molecule has 1 aromatic rings. The Bertz CT molecular complexity index is 371. The molecule has 0 spiro atoms. The van der Waals surface area contributed by atoms with Gasteiger partial charge in [-0.25, -0.2) is 0 Å². The van der Waals surface area contributed by atoms with Crippen molar-refractivity contribution >= 4 is 11.9 Å². The normalized spacial score (nSPS) is 20.2. The summed E-state index contributed by atoms with van der Waals surface area (Å²) in [5.74, 6) is 1.71. The number of hydrogen-bond acceptors (Lipinski definition) is 6. The lowest BCUT2D eigenvalue weighted by Crippen LogP contribution is -2.38. The molecule has 94 valence electrons. The zero-order valence-electron chi connectivity index (χ0n) is 10.7. The highest BCUT2D eigenvalue weighted by Gasteiger charge is 2.27. The van der Waals surface area contributed by atoms with Gasteiger partial charge in [-0.1, -0.05) is 0 Å². The smallest absolute Gasteiger partial charge is 0.230 e. The molecule has 0 amide bonds. The molecule has 2 rings (SSSR count). The first kappa shape index (κ1) is 12.0. The lowest BCUT2D eigenvalue weighted by molar-refractivity contribution is 0.371. The van der Waals surface area contributed by atoms with Crippen LogP contribution in [-0.2, 0) is 0 Å². The van der Waals surface area contributed by atoms with Crippen LogP contribution in [0.15, 0.2) is 0 Å². The van der Waals surface area contributed by atoms with E-state index < -0.39 is 0 Å². The van der Waals surface area contributed by atoms with E-state index in [0.29, 0.717) is 17.8 Å². The largest absolute Gasteiger partial charge is 0.368 e. The highest BCUT2D eigenvalue weighted by Crippen LogP contribution is 2.23. The predicted molar refractivity (Wildman–Crippen MR) is 67.9 cm³/mol. The van der Waals surface area contributed by atoms with Crippen LogP contribution in [0.1, 0.15) is 18.7 Å². The van der Waals surface area contributed by atoms with Gasteiger partial charge < -0.3 is 15.5 Å². The van der Waals surface area contributed by atoms with Crippen molar-refractivity contribution in [1.82, 2.24) is 19.9 Å². The number of nitrogens with two attached hydrogens (primary N) is 1. The van der Waals surface area contributed by atoms with E-state index in [4.69, 9.17) is 5.73 Å². The van der Waals surface area contributed by atoms with Gasteiger partial charge in [0.25, 0.3) is 0 Å². The highest BCUT2D eigenvalue weighted by molar-refractivity contribution is 5.37. The molecule has 2 N–H and O–H groups in total. The molecule has 0 saturated carbocycles. The van der Waals surface area contributed by atoms with E-state index in [0.717, 1.165) is 19.0 Å². The predicted octanol–water partition coefficient (Wildman–Crippen LogP) is 0.293. The zero-order valence-corrected chi connectivity index (χ0v) is 10.7. The summed E-state index contributed by atoms with van der Waals surface area (Å²) < 4.78 is 0. The van der Waals surface area contributed by atoms with Crippen molar-refractivity contribution in [1.29, 1.82) is 0 Å². The zero-order chi connectivity index (χ0) is 12.4. The molecule has 1 aliphatic rings. The van der Waals surface area contributed by atoms with Gasteiger partial charge in [-0.2, -0.15) is 15.0 Å². The van der Waals surface area contributed by atoms with Gasteiger partial charge in [0.05, 0.1) is 0 Å². The molecule has 0 radical (unpaired) electrons. The second-order valence-electron chi connectivity index (χ2n) is 4.79. The Kier molecular flexibility index (Phi) is 3.42. The molecule has 1 fully saturated rings. The summed E-state index contributed by atoms with van der Waals surface area (Å²) >= 11 is 0. The van der Waals surface area contributed by atoms with E-state index in [1.54, 1.807) is 0 Å². The van der Waals surface area contributed by atoms with Crippen LogP contribution in [0.5, 0.6) is 0 Å². The van der Waals surface area contributed by atoms with Crippen LogP contribution < -0.4 is 10.6 Å². The topological polar surface area (TPSA) is 71.2 Å². The molecule has 2 heterocycles. The molecule has 6 nitrogen and oxygen atoms in total. The van der Waals surface area contributed by atoms with Crippen LogP contribution in [0.3, 0.4) is 0 Å². The Morgan fingerprint density at radius 1 is 1.35 bits per heavy atom. The monoisotopic (exact) mass is 236 g/mol. The maximum absolute atomic E-state index is 5.67. The summed E-state index contributed by atoms with van der Waals surface area (Å²) in [6.07, 6.45) is 2.37. The van der Waals surface area contributed by atoms with Crippen molar-refractivity contribution < 1.29 is 0 Å². The Hall–Kier alpha value is -1.43. The van der Waals surface area contributed by atoms with E-state index in [2.05, 4.69) is 38.8 Å². The average molecular weight is 236 g/mol. The first-order chi connectivity index (χ1) is 8.06. The van der Waals surface area contributed by atoms with Gasteiger partial charge >= 0.3 is 0 Å². The van der Waals surface area contributed by atoms with Crippen molar-refractivity contribution in [3.05, 3.63) is 5.82 Å². The molecular formula is C11H20N6. The number of aromatic nitrogens is 3. The number of likely N-dealkylation sites (N-methyl/N-ethyl adjacent to an activating group) is 1. The molecule has 17 heavy (non-hydrogen) atoms. The fourth-order valence-corrected chi connectivity index (χ4v) is 2.33. The molecule has 0 aliphatic carbocycles. The fourth-order valence-electron chi connectivity index (χ4n) is 2.33. The van der Waals surface area contributed by atoms with Crippen LogP contribution >= 0.6 is 0 Å². The molecule has 6 heteroatoms. The Morgan fingerprint density at radius 2 is 2.12 bits per heavy atom. The third-order valence-electron chi connectivity index (χ3n) is 2.96. The number of hydrogen-bond donors (Lipinski definition) is 1. The summed E-state index contributed by atoms with van der Waals surface area (Å²) in [6.45, 7) is 3.87. The van der Waals surface area contributed by atoms with Crippen LogP contribution in [0.25, 0.3) is 0 Å². The van der Waals surface area contributed by atoms with Gasteiger partial charge in [0.2, 0.25) is 11.9 Å². The van der Waals surface area contributed by atoms with Crippen LogP contribution in [0, 0.1) is 6.92 Å². The van der Waals surface area contributed by atoms with Gasteiger partial charge in [-0.05, 0) is 33.9 Å². The summed E-state index contributed by atoms with van der Waals surface area (Å²) in [6, 6.07) is 0.478. The third kappa shape index (κ3) is 2.82. The molecular weight excluding hydrogens is 216 g/mol. The minimum absolute atomic E-state index is 0.308. The quantitative estimate of drug-likeness (QED) is 0.813. The second-order valence-corrected chi connectivity index (χ2v) is 4.79. The van der Waals surface area contributed by atoms with Gasteiger partial charge in [-0.15, -0.1) is 0 Å². The molecule has 1 aliphatic heterocycles. The summed E-state index contributed by atoms with van der Waals surface area (Å²) in [5.41, 5.74) is 5.67. The molecule has 1 atom stereocenters. The SMILES string of the molecule is Cc1nc(N)nc(N2CCCC2CN(C)C)n1. The minimum atomic E-state index is 0.308. The average Bonchev–Trinajstić information content (AvgIpc) is 2.63. The van der Waals surface area contributed by atoms with E-state index in [-0.39, 0.29) is 0 Å². The van der Waals surface area contributed by atoms with E-state index in [1.165, 1.54) is 12.8 Å². The number of aryl methyl sites for hydroxylation is 1. The lowest BCUT2D eigenvalue weighted by atomic mass is 10.2. The minimum Gasteiger partial charge on any atom is -0.368 e. The lowest BCUT2D eigenvalue weighted by Gasteiger charge is -2.27. The second kappa shape index (κ2) is 4.83. The standard InChI is InChI=1S/C11H20N6/c1-8-13-10(12)15-11(14-8)17-6-4-5-9(17)7-16(2)3/h9H,4-7H2,1-3H3,(H2,12,13,14,15). The Balaban J connectivity index is 2.19. The molecule has 1 aromatic heterocycles. The van der Waals surface area contributed by atoms with Crippen LogP contribution in [-0.4, -0.2) is 53.1 Å². The third-order valence-corrected chi connectivity index (χ3v) is 2.96. The maximum atomic E-state index is 5.67. The Morgan fingerprint density at radius 3 is 2.76 bits per heavy atom. The fraction of sp³-hybridized carbons (Fsp3) is 0.727. The van der Waals surface area contributed by atoms with Crippen molar-refractivity contribution in [2.24, 2.45) is 0 Å². The van der Waals surface area contributed by atoms with Gasteiger partial charge in [0.1, 0.15) is 5.82 Å². The Labute approximate surface area is 102 Å². The highest BCUT2D eigenvalue weighted by atomic mass is 15.3. The van der Waals surface area contributed by atoms with Crippen molar-refractivity contribution in [2.75, 3.05) is 37.8 Å². The molecule has 1 saturated heterocycles. The number of nitrogen functional groups attached to an aromatic ring is 1. The van der Waals surface area contributed by atoms with Gasteiger partial charge in [-0.3, -0.25) is 0 Å². The van der Waals surface area contributed by atoms with Crippen molar-refractivity contribution in [3.63, 3.8) is 0 Å². The molecule has 0 bridgehead atoms. The molecule has 0 aromatic carbocycles. The summed E-state index contributed by atoms with van der Waals surface area (Å²) in [4.78, 5) is 17.1. The van der Waals surface area contributed by atoms with E-state index in [1.807, 2.05) is 6.92 Å². The summed E-state index contributed by atoms with van der Waals surface area (Å²) in [7, 11) is 4.17. The molecule has 1 unspecified atom stereocenters. The number of anilines is 2. The first-order valence-corrected chi connectivity index (χ1v) is 5.96. The van der Waals surface area contributed by atoms with Crippen LogP contribution in [0.2, 0.25) is 0 Å². The van der Waals surface area contributed by atoms with Crippen molar-refractivity contribution in [2.45, 2.75) is 25.8 Å². The van der Waals surface area contributed by atoms with E-state index >= 15 is 0 Å². The van der Waals surface area contributed by atoms with Crippen molar-refractivity contribution in [3.8, 4) is 0 Å². The van der Waals surface area contributed by atoms with E-state index in [9.17, 15) is 0 Å². The summed E-state index contributed by atoms with van der Waals surface area (Å²) in [5, 5.41) is 0. The van der Waals surface area contributed by atoms with Crippen LogP contribution in [0.4, 0.5) is 11.9 Å². The van der Waals surface area contributed by atoms with Gasteiger partial charge in [0.15, 0.2) is 0 Å². The maximum Gasteiger partial charge on any atom is 0.230 e. The first-order valence-electron chi connectivity index (χ1n) is 5.96. The number of rotatable bonds is 3. The van der Waals surface area contributed by atoms with Gasteiger partial charge in [0, 0.05) is 19.1 Å². The number of nitrogens with zero attached hydrogens (tertiary/aromatic N) is 5.